The van der Waals surface area contributed by atoms with Crippen molar-refractivity contribution in [3.63, 3.8) is 0 Å². The maximum Gasteiger partial charge on any atom is 0.243 e. The maximum atomic E-state index is 12.7. The molecular formula is C15H15Br2N3O2S. The number of hydrogen-bond donors (Lipinski definition) is 0. The number of hydrogen-bond acceptors (Lipinski definition) is 4. The number of benzene rings is 1. The third-order valence-corrected chi connectivity index (χ3v) is 6.64. The molecule has 1 saturated heterocycles. The predicted octanol–water partition coefficient (Wildman–Crippen LogP) is 3.12. The number of rotatable bonds is 3. The Bertz CT molecular complexity index is 771. The summed E-state index contributed by atoms with van der Waals surface area (Å²) in [5.74, 6) is 0.869. The van der Waals surface area contributed by atoms with Crippen LogP contribution in [0, 0.1) is 0 Å². The Morgan fingerprint density at radius 2 is 1.48 bits per heavy atom. The molecule has 1 aromatic carbocycles. The molecule has 0 amide bonds. The molecule has 1 aliphatic heterocycles. The van der Waals surface area contributed by atoms with Gasteiger partial charge in [0, 0.05) is 41.3 Å². The fourth-order valence-electron chi connectivity index (χ4n) is 2.47. The Morgan fingerprint density at radius 1 is 0.870 bits per heavy atom. The van der Waals surface area contributed by atoms with Gasteiger partial charge >= 0.3 is 0 Å². The molecular weight excluding hydrogens is 446 g/mol. The number of piperazine rings is 1. The Labute approximate surface area is 152 Å². The van der Waals surface area contributed by atoms with E-state index in [1.54, 1.807) is 30.5 Å². The zero-order valence-corrected chi connectivity index (χ0v) is 16.2. The maximum absolute atomic E-state index is 12.7. The van der Waals surface area contributed by atoms with Crippen LogP contribution in [0.4, 0.5) is 5.82 Å². The summed E-state index contributed by atoms with van der Waals surface area (Å²) in [7, 11) is -3.43. The highest BCUT2D eigenvalue weighted by Crippen LogP contribution is 2.22. The Balaban J connectivity index is 1.70. The van der Waals surface area contributed by atoms with Crippen molar-refractivity contribution >= 4 is 47.7 Å². The van der Waals surface area contributed by atoms with E-state index in [1.165, 1.54) is 4.31 Å². The molecule has 2 heterocycles. The van der Waals surface area contributed by atoms with E-state index < -0.39 is 10.0 Å². The van der Waals surface area contributed by atoms with Crippen LogP contribution in [0.2, 0.25) is 0 Å². The van der Waals surface area contributed by atoms with Gasteiger partial charge in [-0.3, -0.25) is 0 Å². The second-order valence-corrected chi connectivity index (χ2v) is 8.95. The number of halogens is 2. The normalized spacial score (nSPS) is 16.5. The van der Waals surface area contributed by atoms with Crippen molar-refractivity contribution in [2.45, 2.75) is 4.90 Å². The molecule has 0 saturated carbocycles. The minimum atomic E-state index is -3.43. The van der Waals surface area contributed by atoms with Crippen molar-refractivity contribution < 1.29 is 8.42 Å². The highest BCUT2D eigenvalue weighted by molar-refractivity contribution is 9.10. The highest BCUT2D eigenvalue weighted by atomic mass is 79.9. The molecule has 0 spiro atoms. The number of sulfonamides is 1. The topological polar surface area (TPSA) is 53.5 Å². The van der Waals surface area contributed by atoms with Crippen molar-refractivity contribution in [1.82, 2.24) is 9.29 Å². The van der Waals surface area contributed by atoms with Crippen LogP contribution in [0.25, 0.3) is 0 Å². The zero-order valence-electron chi connectivity index (χ0n) is 12.2. The van der Waals surface area contributed by atoms with Gasteiger partial charge in [-0.1, -0.05) is 15.9 Å². The van der Waals surface area contributed by atoms with Crippen LogP contribution in [0.3, 0.4) is 0 Å². The van der Waals surface area contributed by atoms with Crippen LogP contribution in [0.15, 0.2) is 56.4 Å². The Morgan fingerprint density at radius 3 is 2.04 bits per heavy atom. The Hall–Kier alpha value is -0.960. The van der Waals surface area contributed by atoms with Gasteiger partial charge in [-0.25, -0.2) is 13.4 Å². The van der Waals surface area contributed by atoms with E-state index in [2.05, 4.69) is 41.7 Å². The van der Waals surface area contributed by atoms with Crippen molar-refractivity contribution in [3.8, 4) is 0 Å². The molecule has 0 atom stereocenters. The third-order valence-electron chi connectivity index (χ3n) is 3.73. The van der Waals surface area contributed by atoms with Gasteiger partial charge < -0.3 is 4.90 Å². The van der Waals surface area contributed by atoms with Crippen LogP contribution < -0.4 is 4.90 Å². The SMILES string of the molecule is O=S(=O)(c1ccc(Br)cc1)N1CCN(c2ccc(Br)cn2)CC1. The lowest BCUT2D eigenvalue weighted by molar-refractivity contribution is 0.384. The molecule has 1 aliphatic rings. The lowest BCUT2D eigenvalue weighted by atomic mass is 10.3. The van der Waals surface area contributed by atoms with Crippen LogP contribution in [0.1, 0.15) is 0 Å². The van der Waals surface area contributed by atoms with E-state index in [4.69, 9.17) is 0 Å². The minimum absolute atomic E-state index is 0.330. The number of aromatic nitrogens is 1. The van der Waals surface area contributed by atoms with E-state index in [1.807, 2.05) is 12.1 Å². The molecule has 8 heteroatoms. The van der Waals surface area contributed by atoms with Crippen LogP contribution in [-0.4, -0.2) is 43.9 Å². The van der Waals surface area contributed by atoms with Gasteiger partial charge in [-0.2, -0.15) is 4.31 Å². The van der Waals surface area contributed by atoms with Crippen molar-refractivity contribution in [2.75, 3.05) is 31.1 Å². The average Bonchev–Trinajstić information content (AvgIpc) is 2.56. The monoisotopic (exact) mass is 459 g/mol. The standard InChI is InChI=1S/C15H15Br2N3O2S/c16-12-1-4-14(5-2-12)23(21,22)20-9-7-19(8-10-20)15-6-3-13(17)11-18-15/h1-6,11H,7-10H2. The van der Waals surface area contributed by atoms with Gasteiger partial charge in [0.2, 0.25) is 10.0 Å². The summed E-state index contributed by atoms with van der Waals surface area (Å²) in [4.78, 5) is 6.79. The minimum Gasteiger partial charge on any atom is -0.354 e. The summed E-state index contributed by atoms with van der Waals surface area (Å²) in [6.45, 7) is 2.17. The van der Waals surface area contributed by atoms with Gasteiger partial charge in [0.1, 0.15) is 5.82 Å². The first-order valence-electron chi connectivity index (χ1n) is 7.09. The second kappa shape index (κ2) is 6.88. The van der Waals surface area contributed by atoms with Crippen LogP contribution in [-0.2, 0) is 10.0 Å². The quantitative estimate of drug-likeness (QED) is 0.706. The van der Waals surface area contributed by atoms with E-state index in [9.17, 15) is 8.42 Å². The number of anilines is 1. The molecule has 0 aliphatic carbocycles. The highest BCUT2D eigenvalue weighted by Gasteiger charge is 2.28. The van der Waals surface area contributed by atoms with Crippen molar-refractivity contribution in [2.24, 2.45) is 0 Å². The molecule has 0 N–H and O–H groups in total. The summed E-state index contributed by atoms with van der Waals surface area (Å²) in [6.07, 6.45) is 1.75. The van der Waals surface area contributed by atoms with E-state index in [-0.39, 0.29) is 0 Å². The smallest absolute Gasteiger partial charge is 0.243 e. The van der Waals surface area contributed by atoms with Crippen molar-refractivity contribution in [3.05, 3.63) is 51.5 Å². The van der Waals surface area contributed by atoms with Gasteiger partial charge in [0.05, 0.1) is 4.90 Å². The van der Waals surface area contributed by atoms with E-state index >= 15 is 0 Å². The van der Waals surface area contributed by atoms with Crippen LogP contribution >= 0.6 is 31.9 Å². The largest absolute Gasteiger partial charge is 0.354 e. The first-order valence-corrected chi connectivity index (χ1v) is 10.1. The molecule has 0 bridgehead atoms. The summed E-state index contributed by atoms with van der Waals surface area (Å²) in [5, 5.41) is 0. The fraction of sp³-hybridized carbons (Fsp3) is 0.267. The number of pyridine rings is 1. The predicted molar refractivity (Wildman–Crippen MR) is 97.1 cm³/mol. The summed E-state index contributed by atoms with van der Waals surface area (Å²) in [6, 6.07) is 10.6. The molecule has 23 heavy (non-hydrogen) atoms. The summed E-state index contributed by atoms with van der Waals surface area (Å²) in [5.41, 5.74) is 0. The first kappa shape index (κ1) is 16.9. The van der Waals surface area contributed by atoms with E-state index in [0.717, 1.165) is 14.8 Å². The average molecular weight is 461 g/mol. The molecule has 0 unspecified atom stereocenters. The van der Waals surface area contributed by atoms with Crippen molar-refractivity contribution in [1.29, 1.82) is 0 Å². The fourth-order valence-corrected chi connectivity index (χ4v) is 4.39. The lowest BCUT2D eigenvalue weighted by Crippen LogP contribution is -2.48. The van der Waals surface area contributed by atoms with Gasteiger partial charge in [0.15, 0.2) is 0 Å². The molecule has 1 fully saturated rings. The van der Waals surface area contributed by atoms with Gasteiger partial charge in [-0.15, -0.1) is 0 Å². The molecule has 3 rings (SSSR count). The first-order chi connectivity index (χ1) is 11.0. The molecule has 0 radical (unpaired) electrons. The van der Waals surface area contributed by atoms with Gasteiger partial charge in [-0.05, 0) is 52.3 Å². The van der Waals surface area contributed by atoms with Crippen LogP contribution in [0.5, 0.6) is 0 Å². The zero-order chi connectivity index (χ0) is 16.4. The third kappa shape index (κ3) is 3.76. The lowest BCUT2D eigenvalue weighted by Gasteiger charge is -2.34. The van der Waals surface area contributed by atoms with E-state index in [0.29, 0.717) is 31.1 Å². The second-order valence-electron chi connectivity index (χ2n) is 5.18. The Kier molecular flexibility index (Phi) is 5.05. The number of nitrogens with zero attached hydrogens (tertiary/aromatic N) is 3. The molecule has 1 aromatic heterocycles. The van der Waals surface area contributed by atoms with Gasteiger partial charge in [0.25, 0.3) is 0 Å². The molecule has 2 aromatic rings. The summed E-state index contributed by atoms with van der Waals surface area (Å²) < 4.78 is 28.6. The summed E-state index contributed by atoms with van der Waals surface area (Å²) >= 11 is 6.69. The molecule has 122 valence electrons. The molecule has 5 nitrogen and oxygen atoms in total.